The minimum absolute atomic E-state index is 0.119. The third kappa shape index (κ3) is 4.76. The largest absolute Gasteiger partial charge is 0.399 e. The average molecular weight is 349 g/mol. The fraction of sp³-hybridized carbons (Fsp3) is 0.158. The molecule has 1 aromatic heterocycles. The van der Waals surface area contributed by atoms with Crippen LogP contribution in [0.4, 0.5) is 0 Å². The standard InChI is InChI=1S/C19H19N5O2/c1-26-23-11-16-6-8-18(9-7-16)19(25)21-10-15-2-4-17(5-3-15)12-24-14-20-13-22-24/h2-9,11,13-14H,10,12H2,1H3,(H,21,25)/b23-11+. The topological polar surface area (TPSA) is 81.4 Å². The van der Waals surface area contributed by atoms with E-state index < -0.39 is 0 Å². The van der Waals surface area contributed by atoms with E-state index in [1.54, 1.807) is 29.4 Å². The van der Waals surface area contributed by atoms with E-state index in [0.717, 1.165) is 16.7 Å². The van der Waals surface area contributed by atoms with Crippen LogP contribution in [0.3, 0.4) is 0 Å². The van der Waals surface area contributed by atoms with Crippen LogP contribution in [-0.4, -0.2) is 34.0 Å². The van der Waals surface area contributed by atoms with Gasteiger partial charge in [-0.2, -0.15) is 5.10 Å². The molecule has 0 radical (unpaired) electrons. The monoisotopic (exact) mass is 349 g/mol. The summed E-state index contributed by atoms with van der Waals surface area (Å²) < 4.78 is 1.76. The van der Waals surface area contributed by atoms with Gasteiger partial charge in [-0.05, 0) is 28.8 Å². The minimum Gasteiger partial charge on any atom is -0.399 e. The summed E-state index contributed by atoms with van der Waals surface area (Å²) in [4.78, 5) is 20.8. The Hall–Kier alpha value is -3.48. The van der Waals surface area contributed by atoms with Crippen LogP contribution in [-0.2, 0) is 17.9 Å². The summed E-state index contributed by atoms with van der Waals surface area (Å²) in [5, 5.41) is 10.7. The summed E-state index contributed by atoms with van der Waals surface area (Å²) in [6.45, 7) is 1.14. The molecule has 7 nitrogen and oxygen atoms in total. The van der Waals surface area contributed by atoms with E-state index in [4.69, 9.17) is 0 Å². The van der Waals surface area contributed by atoms with Gasteiger partial charge in [0.15, 0.2) is 0 Å². The van der Waals surface area contributed by atoms with E-state index >= 15 is 0 Å². The zero-order valence-electron chi connectivity index (χ0n) is 14.4. The van der Waals surface area contributed by atoms with Crippen molar-refractivity contribution < 1.29 is 9.63 Å². The molecule has 1 N–H and O–H groups in total. The highest BCUT2D eigenvalue weighted by molar-refractivity contribution is 5.94. The molecule has 0 aliphatic heterocycles. The van der Waals surface area contributed by atoms with E-state index in [0.29, 0.717) is 18.7 Å². The summed E-state index contributed by atoms with van der Waals surface area (Å²) in [7, 11) is 1.49. The van der Waals surface area contributed by atoms with Gasteiger partial charge in [-0.25, -0.2) is 9.67 Å². The highest BCUT2D eigenvalue weighted by Crippen LogP contribution is 2.07. The number of nitrogens with zero attached hydrogens (tertiary/aromatic N) is 4. The number of rotatable bonds is 7. The van der Waals surface area contributed by atoms with Crippen LogP contribution in [0.15, 0.2) is 66.3 Å². The lowest BCUT2D eigenvalue weighted by Crippen LogP contribution is -2.22. The number of carbonyl (C=O) groups is 1. The van der Waals surface area contributed by atoms with Gasteiger partial charge in [0.1, 0.15) is 19.8 Å². The Morgan fingerprint density at radius 2 is 1.88 bits per heavy atom. The fourth-order valence-corrected chi connectivity index (χ4v) is 2.38. The number of carbonyl (C=O) groups excluding carboxylic acids is 1. The van der Waals surface area contributed by atoms with Crippen molar-refractivity contribution in [3.8, 4) is 0 Å². The molecule has 0 spiro atoms. The Morgan fingerprint density at radius 3 is 2.54 bits per heavy atom. The van der Waals surface area contributed by atoms with Crippen molar-refractivity contribution in [2.24, 2.45) is 5.16 Å². The van der Waals surface area contributed by atoms with Crippen LogP contribution in [0.1, 0.15) is 27.0 Å². The normalized spacial score (nSPS) is 10.8. The molecule has 0 atom stereocenters. The molecule has 0 aliphatic carbocycles. The molecule has 0 saturated carbocycles. The van der Waals surface area contributed by atoms with Crippen LogP contribution in [0.25, 0.3) is 0 Å². The summed E-state index contributed by atoms with van der Waals surface area (Å²) in [6, 6.07) is 15.2. The van der Waals surface area contributed by atoms with Crippen molar-refractivity contribution >= 4 is 12.1 Å². The van der Waals surface area contributed by atoms with E-state index in [-0.39, 0.29) is 5.91 Å². The quantitative estimate of drug-likeness (QED) is 0.524. The van der Waals surface area contributed by atoms with Gasteiger partial charge in [0, 0.05) is 12.1 Å². The summed E-state index contributed by atoms with van der Waals surface area (Å²) >= 11 is 0. The van der Waals surface area contributed by atoms with Crippen LogP contribution in [0.2, 0.25) is 0 Å². The van der Waals surface area contributed by atoms with Crippen molar-refractivity contribution in [3.63, 3.8) is 0 Å². The first kappa shape index (κ1) is 17.3. The lowest BCUT2D eigenvalue weighted by molar-refractivity contribution is 0.0951. The van der Waals surface area contributed by atoms with Crippen LogP contribution >= 0.6 is 0 Å². The molecular formula is C19H19N5O2. The lowest BCUT2D eigenvalue weighted by Gasteiger charge is -2.07. The molecule has 7 heteroatoms. The Morgan fingerprint density at radius 1 is 1.15 bits per heavy atom. The SMILES string of the molecule is CO/N=C/c1ccc(C(=O)NCc2ccc(Cn3cncn3)cc2)cc1. The predicted octanol–water partition coefficient (Wildman–Crippen LogP) is 2.24. The van der Waals surface area contributed by atoms with E-state index in [2.05, 4.69) is 25.4 Å². The first-order chi connectivity index (χ1) is 12.7. The van der Waals surface area contributed by atoms with E-state index in [1.165, 1.54) is 13.4 Å². The summed E-state index contributed by atoms with van der Waals surface area (Å²) in [5.41, 5.74) is 3.62. The molecule has 132 valence electrons. The van der Waals surface area contributed by atoms with Crippen molar-refractivity contribution in [3.05, 3.63) is 83.4 Å². The maximum atomic E-state index is 12.2. The Bertz CT molecular complexity index is 856. The molecule has 0 unspecified atom stereocenters. The van der Waals surface area contributed by atoms with Gasteiger partial charge in [0.2, 0.25) is 0 Å². The van der Waals surface area contributed by atoms with Gasteiger partial charge in [0.25, 0.3) is 5.91 Å². The third-order valence-electron chi connectivity index (χ3n) is 3.77. The molecular weight excluding hydrogens is 330 g/mol. The Kier molecular flexibility index (Phi) is 5.72. The molecule has 2 aromatic carbocycles. The first-order valence-electron chi connectivity index (χ1n) is 8.09. The second kappa shape index (κ2) is 8.57. The Balaban J connectivity index is 1.53. The van der Waals surface area contributed by atoms with Gasteiger partial charge in [0.05, 0.1) is 12.8 Å². The first-order valence-corrected chi connectivity index (χ1v) is 8.09. The second-order valence-electron chi connectivity index (χ2n) is 5.63. The van der Waals surface area contributed by atoms with Gasteiger partial charge in [-0.15, -0.1) is 0 Å². The number of oxime groups is 1. The van der Waals surface area contributed by atoms with Crippen LogP contribution in [0, 0.1) is 0 Å². The maximum absolute atomic E-state index is 12.2. The molecule has 0 saturated heterocycles. The number of amides is 1. The predicted molar refractivity (Wildman–Crippen MR) is 97.8 cm³/mol. The fourth-order valence-electron chi connectivity index (χ4n) is 2.38. The number of nitrogens with one attached hydrogen (secondary N) is 1. The van der Waals surface area contributed by atoms with Gasteiger partial charge in [-0.1, -0.05) is 41.6 Å². The summed E-state index contributed by atoms with van der Waals surface area (Å²) in [5.74, 6) is -0.119. The lowest BCUT2D eigenvalue weighted by atomic mass is 10.1. The van der Waals surface area contributed by atoms with Crippen molar-refractivity contribution in [1.82, 2.24) is 20.1 Å². The summed E-state index contributed by atoms with van der Waals surface area (Å²) in [6.07, 6.45) is 4.78. The van der Waals surface area contributed by atoms with Gasteiger partial charge in [-0.3, -0.25) is 4.79 Å². The zero-order valence-corrected chi connectivity index (χ0v) is 14.4. The second-order valence-corrected chi connectivity index (χ2v) is 5.63. The van der Waals surface area contributed by atoms with Crippen molar-refractivity contribution in [1.29, 1.82) is 0 Å². The molecule has 1 heterocycles. The molecule has 0 bridgehead atoms. The van der Waals surface area contributed by atoms with Crippen molar-refractivity contribution in [2.45, 2.75) is 13.1 Å². The smallest absolute Gasteiger partial charge is 0.251 e. The van der Waals surface area contributed by atoms with Gasteiger partial charge >= 0.3 is 0 Å². The minimum atomic E-state index is -0.119. The average Bonchev–Trinajstić information content (AvgIpc) is 3.19. The van der Waals surface area contributed by atoms with E-state index in [9.17, 15) is 4.79 Å². The van der Waals surface area contributed by atoms with Crippen molar-refractivity contribution in [2.75, 3.05) is 7.11 Å². The van der Waals surface area contributed by atoms with E-state index in [1.807, 2.05) is 36.4 Å². The number of hydrogen-bond donors (Lipinski definition) is 1. The van der Waals surface area contributed by atoms with Crippen LogP contribution in [0.5, 0.6) is 0 Å². The maximum Gasteiger partial charge on any atom is 0.251 e. The third-order valence-corrected chi connectivity index (χ3v) is 3.77. The number of hydrogen-bond acceptors (Lipinski definition) is 5. The molecule has 1 amide bonds. The Labute approximate surface area is 151 Å². The number of aromatic nitrogens is 3. The van der Waals surface area contributed by atoms with Crippen LogP contribution < -0.4 is 5.32 Å². The molecule has 0 fully saturated rings. The zero-order chi connectivity index (χ0) is 18.2. The molecule has 0 aliphatic rings. The molecule has 26 heavy (non-hydrogen) atoms. The highest BCUT2D eigenvalue weighted by Gasteiger charge is 2.05. The molecule has 3 rings (SSSR count). The van der Waals surface area contributed by atoms with Gasteiger partial charge < -0.3 is 10.2 Å². The molecule has 3 aromatic rings. The highest BCUT2D eigenvalue weighted by atomic mass is 16.6. The number of benzene rings is 2.